The van der Waals surface area contributed by atoms with Crippen LogP contribution in [0.4, 0.5) is 0 Å². The highest BCUT2D eigenvalue weighted by molar-refractivity contribution is 5.08. The predicted octanol–water partition coefficient (Wildman–Crippen LogP) is 7.84. The van der Waals surface area contributed by atoms with Gasteiger partial charge in [0.05, 0.1) is 0 Å². The van der Waals surface area contributed by atoms with E-state index >= 15 is 0 Å². The van der Waals surface area contributed by atoms with Crippen molar-refractivity contribution in [1.29, 1.82) is 0 Å². The zero-order valence-electron chi connectivity index (χ0n) is 28.2. The molecule has 0 aliphatic heterocycles. The fraction of sp³-hybridized carbons (Fsp3) is 1.00. The fourth-order valence-electron chi connectivity index (χ4n) is 9.28. The SMILES string of the molecule is OCCC1(CCO)CCCCCCCCCCCCCCCCCCCCCCC(CCO)(CCO)C1(CCO)CCO. The maximum absolute atomic E-state index is 10.6. The summed E-state index contributed by atoms with van der Waals surface area (Å²) < 4.78 is 0. The smallest absolute Gasteiger partial charge is 0.0436 e. The van der Waals surface area contributed by atoms with Crippen LogP contribution in [0.15, 0.2) is 0 Å². The average Bonchev–Trinajstić information content (AvgIpc) is 2.99. The van der Waals surface area contributed by atoms with Gasteiger partial charge in [-0.25, -0.2) is 0 Å². The summed E-state index contributed by atoms with van der Waals surface area (Å²) in [5, 5.41) is 62.9. The summed E-state index contributed by atoms with van der Waals surface area (Å²) in [4.78, 5) is 0. The third kappa shape index (κ3) is 14.0. The van der Waals surface area contributed by atoms with Gasteiger partial charge in [-0.05, 0) is 67.6 Å². The van der Waals surface area contributed by atoms with Crippen molar-refractivity contribution >= 4 is 0 Å². The van der Waals surface area contributed by atoms with Crippen LogP contribution in [0.1, 0.15) is 180 Å². The van der Waals surface area contributed by atoms with Gasteiger partial charge in [-0.15, -0.1) is 0 Å². The van der Waals surface area contributed by atoms with Gasteiger partial charge in [-0.3, -0.25) is 0 Å². The first-order chi connectivity index (χ1) is 21.1. The highest BCUT2D eigenvalue weighted by atomic mass is 16.3. The first-order valence-electron chi connectivity index (χ1n) is 18.7. The van der Waals surface area contributed by atoms with Crippen LogP contribution in [-0.2, 0) is 0 Å². The van der Waals surface area contributed by atoms with Crippen LogP contribution in [-0.4, -0.2) is 70.3 Å². The van der Waals surface area contributed by atoms with Crippen molar-refractivity contribution in [3.63, 3.8) is 0 Å². The highest BCUT2D eigenvalue weighted by Crippen LogP contribution is 2.65. The van der Waals surface area contributed by atoms with E-state index in [0.717, 1.165) is 38.5 Å². The summed E-state index contributed by atoms with van der Waals surface area (Å²) in [5.74, 6) is 0. The third-order valence-corrected chi connectivity index (χ3v) is 11.5. The van der Waals surface area contributed by atoms with E-state index < -0.39 is 16.2 Å². The molecule has 0 amide bonds. The van der Waals surface area contributed by atoms with E-state index in [9.17, 15) is 30.6 Å². The molecule has 0 atom stereocenters. The van der Waals surface area contributed by atoms with Crippen molar-refractivity contribution in [3.8, 4) is 0 Å². The van der Waals surface area contributed by atoms with Gasteiger partial charge in [0.25, 0.3) is 0 Å². The van der Waals surface area contributed by atoms with E-state index in [-0.39, 0.29) is 39.6 Å². The van der Waals surface area contributed by atoms with Crippen molar-refractivity contribution < 1.29 is 30.6 Å². The lowest BCUT2D eigenvalue weighted by Gasteiger charge is -2.62. The fourth-order valence-corrected chi connectivity index (χ4v) is 9.28. The van der Waals surface area contributed by atoms with Gasteiger partial charge < -0.3 is 30.6 Å². The van der Waals surface area contributed by atoms with Crippen LogP contribution in [0.2, 0.25) is 0 Å². The lowest BCUT2D eigenvalue weighted by atomic mass is 9.42. The molecule has 258 valence electrons. The quantitative estimate of drug-likeness (QED) is 0.133. The molecule has 1 saturated carbocycles. The minimum Gasteiger partial charge on any atom is -0.396 e. The molecule has 0 radical (unpaired) electrons. The minimum absolute atomic E-state index is 0.0209. The van der Waals surface area contributed by atoms with Crippen molar-refractivity contribution in [2.24, 2.45) is 16.2 Å². The summed E-state index contributed by atoms with van der Waals surface area (Å²) in [7, 11) is 0. The van der Waals surface area contributed by atoms with Crippen LogP contribution in [0.5, 0.6) is 0 Å². The highest BCUT2D eigenvalue weighted by Gasteiger charge is 2.59. The zero-order valence-corrected chi connectivity index (χ0v) is 28.2. The molecule has 1 rings (SSSR count). The average molecular weight is 615 g/mol. The number of aliphatic hydroxyl groups excluding tert-OH is 6. The summed E-state index contributed by atoms with van der Waals surface area (Å²) in [6, 6.07) is 0. The molecule has 0 bridgehead atoms. The molecular formula is C37H74O6. The molecule has 0 spiro atoms. The molecule has 0 saturated heterocycles. The van der Waals surface area contributed by atoms with Crippen molar-refractivity contribution in [2.75, 3.05) is 39.6 Å². The van der Waals surface area contributed by atoms with Crippen LogP contribution < -0.4 is 0 Å². The molecule has 1 fully saturated rings. The monoisotopic (exact) mass is 615 g/mol. The molecule has 0 aromatic rings. The number of rotatable bonds is 12. The second-order valence-corrected chi connectivity index (χ2v) is 14.1. The standard InChI is InChI=1S/C37H74O6/c38-29-23-35(24-30-39)21-19-17-15-13-11-9-7-5-3-1-2-4-6-8-10-12-14-16-18-20-22-36(25-31-40,26-32-41)37(35,27-33-42)28-34-43/h38-43H,1-34H2. The second-order valence-electron chi connectivity index (χ2n) is 14.1. The summed E-state index contributed by atoms with van der Waals surface area (Å²) in [6.45, 7) is -0.200. The molecule has 0 aromatic heterocycles. The third-order valence-electron chi connectivity index (χ3n) is 11.5. The molecule has 6 nitrogen and oxygen atoms in total. The van der Waals surface area contributed by atoms with E-state index in [1.54, 1.807) is 0 Å². The Morgan fingerprint density at radius 1 is 0.256 bits per heavy atom. The van der Waals surface area contributed by atoms with Crippen LogP contribution >= 0.6 is 0 Å². The Morgan fingerprint density at radius 3 is 0.628 bits per heavy atom. The van der Waals surface area contributed by atoms with Gasteiger partial charge in [0.1, 0.15) is 0 Å². The molecule has 1 aliphatic carbocycles. The first-order valence-corrected chi connectivity index (χ1v) is 18.7. The summed E-state index contributed by atoms with van der Waals surface area (Å²) in [6.07, 6.45) is 29.7. The normalized spacial score (nSPS) is 22.7. The van der Waals surface area contributed by atoms with Crippen LogP contribution in [0, 0.1) is 16.2 Å². The van der Waals surface area contributed by atoms with Gasteiger partial charge in [0.2, 0.25) is 0 Å². The second kappa shape index (κ2) is 25.9. The zero-order chi connectivity index (χ0) is 31.5. The van der Waals surface area contributed by atoms with Crippen molar-refractivity contribution in [1.82, 2.24) is 0 Å². The number of hydrogen-bond acceptors (Lipinski definition) is 6. The van der Waals surface area contributed by atoms with Crippen molar-refractivity contribution in [2.45, 2.75) is 180 Å². The van der Waals surface area contributed by atoms with Crippen molar-refractivity contribution in [3.05, 3.63) is 0 Å². The molecule has 0 aromatic carbocycles. The summed E-state index contributed by atoms with van der Waals surface area (Å²) in [5.41, 5.74) is -1.62. The maximum atomic E-state index is 10.6. The Hall–Kier alpha value is -0.240. The number of aliphatic hydroxyl groups is 6. The first kappa shape index (κ1) is 40.8. The Labute approximate surface area is 266 Å². The molecular weight excluding hydrogens is 540 g/mol. The molecule has 0 unspecified atom stereocenters. The Kier molecular flexibility index (Phi) is 24.6. The Bertz CT molecular complexity index is 548. The maximum Gasteiger partial charge on any atom is 0.0436 e. The molecule has 0 heterocycles. The van der Waals surface area contributed by atoms with E-state index in [1.165, 1.54) is 103 Å². The predicted molar refractivity (Wildman–Crippen MR) is 179 cm³/mol. The van der Waals surface area contributed by atoms with Gasteiger partial charge in [0, 0.05) is 39.6 Å². The Morgan fingerprint density at radius 2 is 0.442 bits per heavy atom. The number of hydrogen-bond donors (Lipinski definition) is 6. The lowest BCUT2D eigenvalue weighted by molar-refractivity contribution is -0.159. The van der Waals surface area contributed by atoms with Crippen LogP contribution in [0.25, 0.3) is 0 Å². The minimum atomic E-state index is -0.618. The van der Waals surface area contributed by atoms with E-state index in [2.05, 4.69) is 0 Å². The summed E-state index contributed by atoms with van der Waals surface area (Å²) >= 11 is 0. The Balaban J connectivity index is 3.33. The van der Waals surface area contributed by atoms with Gasteiger partial charge in [-0.1, -0.05) is 128 Å². The topological polar surface area (TPSA) is 121 Å². The molecule has 6 heteroatoms. The molecule has 43 heavy (non-hydrogen) atoms. The van der Waals surface area contributed by atoms with Crippen LogP contribution in [0.3, 0.4) is 0 Å². The molecule has 1 aliphatic rings. The molecule has 6 N–H and O–H groups in total. The largest absolute Gasteiger partial charge is 0.396 e. The lowest BCUT2D eigenvalue weighted by Crippen LogP contribution is -2.56. The van der Waals surface area contributed by atoms with E-state index in [0.29, 0.717) is 38.5 Å². The van der Waals surface area contributed by atoms with Gasteiger partial charge in [0.15, 0.2) is 0 Å². The van der Waals surface area contributed by atoms with E-state index in [1.807, 2.05) is 0 Å². The van der Waals surface area contributed by atoms with Gasteiger partial charge in [-0.2, -0.15) is 0 Å². The van der Waals surface area contributed by atoms with Gasteiger partial charge >= 0.3 is 0 Å². The van der Waals surface area contributed by atoms with E-state index in [4.69, 9.17) is 0 Å².